The van der Waals surface area contributed by atoms with Gasteiger partial charge >= 0.3 is 5.97 Å². The first-order chi connectivity index (χ1) is 13.7. The number of Topliss-reactive ketones (excluding diaryl/α,β-unsaturated/α-hetero) is 1. The highest BCUT2D eigenvalue weighted by Crippen LogP contribution is 2.52. The molecule has 0 saturated carbocycles. The van der Waals surface area contributed by atoms with Gasteiger partial charge < -0.3 is 20.1 Å². The van der Waals surface area contributed by atoms with Gasteiger partial charge in [-0.25, -0.2) is 0 Å². The third-order valence-corrected chi connectivity index (χ3v) is 6.66. The van der Waals surface area contributed by atoms with Crippen molar-refractivity contribution >= 4 is 27.7 Å². The lowest BCUT2D eigenvalue weighted by molar-refractivity contribution is -0.153. The molecule has 7 heteroatoms. The van der Waals surface area contributed by atoms with Gasteiger partial charge in [-0.05, 0) is 11.1 Å². The number of phenolic OH excluding ortho intramolecular Hbond substituents is 2. The van der Waals surface area contributed by atoms with Crippen molar-refractivity contribution in [1.82, 2.24) is 0 Å². The van der Waals surface area contributed by atoms with Crippen molar-refractivity contribution in [3.63, 3.8) is 0 Å². The van der Waals surface area contributed by atoms with E-state index >= 15 is 0 Å². The van der Waals surface area contributed by atoms with Crippen LogP contribution in [0.1, 0.15) is 51.6 Å². The Morgan fingerprint density at radius 2 is 1.69 bits per heavy atom. The molecule has 3 N–H and O–H groups in total. The van der Waals surface area contributed by atoms with Crippen molar-refractivity contribution in [3.8, 4) is 11.5 Å². The molecule has 0 bridgehead atoms. The highest BCUT2D eigenvalue weighted by atomic mass is 79.9. The fourth-order valence-corrected chi connectivity index (χ4v) is 5.39. The Bertz CT molecular complexity index is 1030. The number of fused-ring (bicyclic) bond motifs is 3. The zero-order valence-electron chi connectivity index (χ0n) is 15.9. The quantitative estimate of drug-likeness (QED) is 0.315. The summed E-state index contributed by atoms with van der Waals surface area (Å²) in [6, 6.07) is 7.87. The van der Waals surface area contributed by atoms with E-state index in [0.29, 0.717) is 35.1 Å². The van der Waals surface area contributed by atoms with Gasteiger partial charge in [-0.3, -0.25) is 9.59 Å². The van der Waals surface area contributed by atoms with Crippen molar-refractivity contribution < 1.29 is 29.6 Å². The summed E-state index contributed by atoms with van der Waals surface area (Å²) in [4.78, 5) is 23.0. The van der Waals surface area contributed by atoms with E-state index in [9.17, 15) is 24.9 Å². The molecule has 2 aliphatic carbocycles. The van der Waals surface area contributed by atoms with Crippen LogP contribution < -0.4 is 0 Å². The summed E-state index contributed by atoms with van der Waals surface area (Å²) in [6.07, 6.45) is 0.819. The predicted molar refractivity (Wildman–Crippen MR) is 108 cm³/mol. The smallest absolute Gasteiger partial charge is 0.303 e. The van der Waals surface area contributed by atoms with Crippen LogP contribution in [-0.4, -0.2) is 39.3 Å². The topological polar surface area (TPSA) is 104 Å². The van der Waals surface area contributed by atoms with Crippen LogP contribution in [0.3, 0.4) is 0 Å². The first kappa shape index (κ1) is 19.9. The predicted octanol–water partition coefficient (Wildman–Crippen LogP) is 2.84. The van der Waals surface area contributed by atoms with Crippen LogP contribution in [0.4, 0.5) is 0 Å². The van der Waals surface area contributed by atoms with Crippen LogP contribution in [0.25, 0.3) is 0 Å². The number of ether oxygens (including phenoxy) is 1. The molecule has 0 aliphatic heterocycles. The fraction of sp³-hybridized carbons (Fsp3) is 0.364. The van der Waals surface area contributed by atoms with Gasteiger partial charge in [0.15, 0.2) is 6.61 Å². The second kappa shape index (κ2) is 7.15. The maximum atomic E-state index is 12.5. The van der Waals surface area contributed by atoms with Crippen LogP contribution in [-0.2, 0) is 33.6 Å². The Morgan fingerprint density at radius 1 is 1.10 bits per heavy atom. The molecule has 0 saturated heterocycles. The molecule has 2 aliphatic rings. The molecule has 6 nitrogen and oxygen atoms in total. The maximum Gasteiger partial charge on any atom is 0.303 e. The Hall–Kier alpha value is -2.38. The lowest BCUT2D eigenvalue weighted by Gasteiger charge is -2.37. The number of carbonyl (C=O) groups excluding carboxylic acids is 2. The number of ketones is 1. The lowest BCUT2D eigenvalue weighted by Crippen LogP contribution is -2.46. The number of alkyl halides is 1. The SMILES string of the molecule is CC(=O)OCC(=O)C1(O)Cc2c(O)c3c(c(O)c2C(Br)C1)Cc1ccccc1C3. The van der Waals surface area contributed by atoms with Crippen LogP contribution in [0.5, 0.6) is 11.5 Å². The molecular weight excluding hydrogens is 440 g/mol. The second-order valence-electron chi connectivity index (χ2n) is 7.75. The minimum Gasteiger partial charge on any atom is -0.507 e. The first-order valence-corrected chi connectivity index (χ1v) is 10.3. The summed E-state index contributed by atoms with van der Waals surface area (Å²) < 4.78 is 4.75. The van der Waals surface area contributed by atoms with E-state index in [-0.39, 0.29) is 24.3 Å². The molecule has 0 radical (unpaired) electrons. The first-order valence-electron chi connectivity index (χ1n) is 9.39. The standard InChI is InChI=1S/C22H21BrO6/c1-11(24)29-10-18(25)22(28)8-16-19(17(23)9-22)21(27)15-7-13-5-3-2-4-12(13)6-14(15)20(16)26/h2-5,17,26-28H,6-10H2,1H3. The Balaban J connectivity index is 1.76. The highest BCUT2D eigenvalue weighted by molar-refractivity contribution is 9.09. The maximum absolute atomic E-state index is 12.5. The van der Waals surface area contributed by atoms with Crippen molar-refractivity contribution in [2.24, 2.45) is 0 Å². The summed E-state index contributed by atoms with van der Waals surface area (Å²) >= 11 is 3.46. The average Bonchev–Trinajstić information content (AvgIpc) is 2.68. The third kappa shape index (κ3) is 3.32. The molecule has 0 fully saturated rings. The summed E-state index contributed by atoms with van der Waals surface area (Å²) in [5.41, 5.74) is 2.53. The zero-order chi connectivity index (χ0) is 20.9. The molecule has 0 heterocycles. The normalized spacial score (nSPS) is 22.2. The van der Waals surface area contributed by atoms with Gasteiger partial charge in [0.25, 0.3) is 0 Å². The van der Waals surface area contributed by atoms with Gasteiger partial charge in [0.1, 0.15) is 17.1 Å². The second-order valence-corrected chi connectivity index (χ2v) is 8.86. The Kier molecular flexibility index (Phi) is 4.91. The number of aromatic hydroxyl groups is 2. The molecule has 2 aromatic rings. The molecule has 0 spiro atoms. The molecule has 0 aromatic heterocycles. The van der Waals surface area contributed by atoms with Gasteiger partial charge in [0, 0.05) is 59.7 Å². The van der Waals surface area contributed by atoms with Gasteiger partial charge in [0.2, 0.25) is 5.78 Å². The van der Waals surface area contributed by atoms with Gasteiger partial charge in [-0.1, -0.05) is 40.2 Å². The molecule has 0 amide bonds. The number of hydrogen-bond donors (Lipinski definition) is 3. The van der Waals surface area contributed by atoms with Crippen molar-refractivity contribution in [2.45, 2.75) is 43.0 Å². The molecule has 29 heavy (non-hydrogen) atoms. The largest absolute Gasteiger partial charge is 0.507 e. The molecule has 4 rings (SSSR count). The zero-order valence-corrected chi connectivity index (χ0v) is 17.5. The lowest BCUT2D eigenvalue weighted by atomic mass is 9.73. The number of hydrogen-bond acceptors (Lipinski definition) is 6. The van der Waals surface area contributed by atoms with Crippen LogP contribution in [0.2, 0.25) is 0 Å². The van der Waals surface area contributed by atoms with Gasteiger partial charge in [-0.2, -0.15) is 0 Å². The molecular formula is C22H21BrO6. The number of aliphatic hydroxyl groups is 1. The van der Waals surface area contributed by atoms with E-state index in [1.54, 1.807) is 0 Å². The molecule has 152 valence electrons. The van der Waals surface area contributed by atoms with E-state index in [1.165, 1.54) is 6.92 Å². The van der Waals surface area contributed by atoms with E-state index < -0.39 is 28.8 Å². The van der Waals surface area contributed by atoms with Crippen molar-refractivity contribution in [3.05, 3.63) is 57.6 Å². The summed E-state index contributed by atoms with van der Waals surface area (Å²) in [7, 11) is 0. The van der Waals surface area contributed by atoms with E-state index in [1.807, 2.05) is 24.3 Å². The van der Waals surface area contributed by atoms with Crippen molar-refractivity contribution in [1.29, 1.82) is 0 Å². The van der Waals surface area contributed by atoms with Crippen LogP contribution in [0, 0.1) is 0 Å². The Morgan fingerprint density at radius 3 is 2.28 bits per heavy atom. The van der Waals surface area contributed by atoms with Crippen LogP contribution >= 0.6 is 15.9 Å². The summed E-state index contributed by atoms with van der Waals surface area (Å²) in [5, 5.41) is 33.0. The minimum absolute atomic E-state index is 0.00245. The van der Waals surface area contributed by atoms with Crippen LogP contribution in [0.15, 0.2) is 24.3 Å². The molecule has 2 aromatic carbocycles. The number of phenols is 2. The Labute approximate surface area is 176 Å². The van der Waals surface area contributed by atoms with E-state index in [2.05, 4.69) is 15.9 Å². The number of rotatable bonds is 3. The number of esters is 1. The summed E-state index contributed by atoms with van der Waals surface area (Å²) in [5.74, 6) is -1.14. The van der Waals surface area contributed by atoms with Crippen molar-refractivity contribution in [2.75, 3.05) is 6.61 Å². The highest BCUT2D eigenvalue weighted by Gasteiger charge is 2.46. The number of halogens is 1. The van der Waals surface area contributed by atoms with Gasteiger partial charge in [0.05, 0.1) is 0 Å². The fourth-order valence-electron chi connectivity index (χ4n) is 4.36. The monoisotopic (exact) mass is 460 g/mol. The molecule has 2 atom stereocenters. The average molecular weight is 461 g/mol. The number of benzene rings is 2. The minimum atomic E-state index is -1.80. The molecule has 2 unspecified atom stereocenters. The summed E-state index contributed by atoms with van der Waals surface area (Å²) in [6.45, 7) is 0.653. The number of carbonyl (C=O) groups is 2. The van der Waals surface area contributed by atoms with Gasteiger partial charge in [-0.15, -0.1) is 0 Å². The van der Waals surface area contributed by atoms with E-state index in [0.717, 1.165) is 11.1 Å². The third-order valence-electron chi connectivity index (χ3n) is 5.88. The van der Waals surface area contributed by atoms with E-state index in [4.69, 9.17) is 4.74 Å².